The van der Waals surface area contributed by atoms with E-state index < -0.39 is 5.60 Å². The molecule has 21 heavy (non-hydrogen) atoms. The molecule has 0 saturated carbocycles. The fourth-order valence-corrected chi connectivity index (χ4v) is 2.39. The van der Waals surface area contributed by atoms with E-state index >= 15 is 0 Å². The number of carbonyl (C=O) groups is 1. The van der Waals surface area contributed by atoms with E-state index in [9.17, 15) is 9.90 Å². The third kappa shape index (κ3) is 3.80. The molecule has 1 aromatic rings. The minimum atomic E-state index is -0.937. The molecule has 0 bridgehead atoms. The molecule has 0 aromatic carbocycles. The molecule has 2 N–H and O–H groups in total. The van der Waals surface area contributed by atoms with Crippen LogP contribution in [0.25, 0.3) is 0 Å². The van der Waals surface area contributed by atoms with Crippen LogP contribution in [0.4, 0.5) is 0 Å². The van der Waals surface area contributed by atoms with Gasteiger partial charge in [-0.05, 0) is 24.5 Å². The van der Waals surface area contributed by atoms with Crippen LogP contribution in [0, 0.1) is 0 Å². The minimum absolute atomic E-state index is 0.185. The number of ether oxygens (including phenoxy) is 1. The second kappa shape index (κ2) is 6.54. The van der Waals surface area contributed by atoms with Gasteiger partial charge in [-0.2, -0.15) is 0 Å². The summed E-state index contributed by atoms with van der Waals surface area (Å²) in [7, 11) is 0. The quantitative estimate of drug-likeness (QED) is 0.865. The molecule has 2 rings (SSSR count). The SMILES string of the molecule is CCc1nc(C(C)C)ccc1C(=O)NCC1(O)CCOC1. The highest BCUT2D eigenvalue weighted by Crippen LogP contribution is 2.18. The van der Waals surface area contributed by atoms with E-state index in [4.69, 9.17) is 4.74 Å². The molecular weight excluding hydrogens is 268 g/mol. The van der Waals surface area contributed by atoms with Crippen LogP contribution in [0.2, 0.25) is 0 Å². The summed E-state index contributed by atoms with van der Waals surface area (Å²) >= 11 is 0. The molecule has 1 unspecified atom stereocenters. The fraction of sp³-hybridized carbons (Fsp3) is 0.625. The van der Waals surface area contributed by atoms with Gasteiger partial charge in [0.05, 0.1) is 17.9 Å². The Morgan fingerprint density at radius 3 is 2.86 bits per heavy atom. The summed E-state index contributed by atoms with van der Waals surface area (Å²) in [6.45, 7) is 7.17. The van der Waals surface area contributed by atoms with Crippen LogP contribution in [0.3, 0.4) is 0 Å². The molecular formula is C16H24N2O3. The number of carbonyl (C=O) groups excluding carboxylic acids is 1. The molecule has 1 aliphatic heterocycles. The lowest BCUT2D eigenvalue weighted by Crippen LogP contribution is -2.43. The molecule has 0 aliphatic carbocycles. The van der Waals surface area contributed by atoms with Crippen molar-refractivity contribution in [3.63, 3.8) is 0 Å². The predicted octanol–water partition coefficient (Wildman–Crippen LogP) is 1.65. The molecule has 2 heterocycles. The van der Waals surface area contributed by atoms with Gasteiger partial charge in [-0.1, -0.05) is 20.8 Å². The molecule has 0 radical (unpaired) electrons. The molecule has 0 spiro atoms. The van der Waals surface area contributed by atoms with E-state index in [0.717, 1.165) is 11.4 Å². The van der Waals surface area contributed by atoms with Gasteiger partial charge >= 0.3 is 0 Å². The van der Waals surface area contributed by atoms with E-state index in [2.05, 4.69) is 24.1 Å². The standard InChI is InChI=1S/C16H24N2O3/c1-4-13-12(5-6-14(18-13)11(2)3)15(19)17-9-16(20)7-8-21-10-16/h5-6,11,20H,4,7-10H2,1-3H3,(H,17,19). The lowest BCUT2D eigenvalue weighted by atomic mass is 10.0. The molecule has 1 saturated heterocycles. The first-order chi connectivity index (χ1) is 9.95. The number of rotatable bonds is 5. The lowest BCUT2D eigenvalue weighted by Gasteiger charge is -2.21. The van der Waals surface area contributed by atoms with Gasteiger partial charge in [0.25, 0.3) is 5.91 Å². The Labute approximate surface area is 125 Å². The highest BCUT2D eigenvalue weighted by molar-refractivity contribution is 5.95. The van der Waals surface area contributed by atoms with Crippen LogP contribution in [0.1, 0.15) is 54.9 Å². The number of aromatic nitrogens is 1. The molecule has 1 amide bonds. The largest absolute Gasteiger partial charge is 0.386 e. The molecule has 5 nitrogen and oxygen atoms in total. The van der Waals surface area contributed by atoms with Crippen molar-refractivity contribution in [3.8, 4) is 0 Å². The summed E-state index contributed by atoms with van der Waals surface area (Å²) in [4.78, 5) is 16.9. The van der Waals surface area contributed by atoms with Crippen molar-refractivity contribution in [1.82, 2.24) is 10.3 Å². The van der Waals surface area contributed by atoms with Gasteiger partial charge in [0.1, 0.15) is 5.60 Å². The zero-order chi connectivity index (χ0) is 15.5. The fourth-order valence-electron chi connectivity index (χ4n) is 2.39. The first-order valence-electron chi connectivity index (χ1n) is 7.53. The molecule has 5 heteroatoms. The zero-order valence-electron chi connectivity index (χ0n) is 13.0. The Balaban J connectivity index is 2.08. The van der Waals surface area contributed by atoms with Crippen molar-refractivity contribution in [3.05, 3.63) is 29.1 Å². The molecule has 116 valence electrons. The minimum Gasteiger partial charge on any atom is -0.386 e. The Kier molecular flexibility index (Phi) is 4.96. The van der Waals surface area contributed by atoms with Gasteiger partial charge < -0.3 is 15.2 Å². The monoisotopic (exact) mass is 292 g/mol. The van der Waals surface area contributed by atoms with Crippen LogP contribution in [-0.2, 0) is 11.2 Å². The van der Waals surface area contributed by atoms with E-state index in [1.807, 2.05) is 19.1 Å². The number of nitrogens with one attached hydrogen (secondary N) is 1. The summed E-state index contributed by atoms with van der Waals surface area (Å²) < 4.78 is 5.17. The van der Waals surface area contributed by atoms with E-state index in [-0.39, 0.29) is 19.1 Å². The number of aryl methyl sites for hydroxylation is 1. The molecule has 1 aromatic heterocycles. The van der Waals surface area contributed by atoms with E-state index in [1.165, 1.54) is 0 Å². The number of pyridine rings is 1. The smallest absolute Gasteiger partial charge is 0.253 e. The van der Waals surface area contributed by atoms with Crippen LogP contribution in [0.15, 0.2) is 12.1 Å². The van der Waals surface area contributed by atoms with Crippen molar-refractivity contribution < 1.29 is 14.6 Å². The van der Waals surface area contributed by atoms with Gasteiger partial charge in [0.2, 0.25) is 0 Å². The molecule has 1 atom stereocenters. The highest BCUT2D eigenvalue weighted by Gasteiger charge is 2.32. The first kappa shape index (κ1) is 15.9. The molecule has 1 fully saturated rings. The maximum atomic E-state index is 12.3. The highest BCUT2D eigenvalue weighted by atomic mass is 16.5. The topological polar surface area (TPSA) is 71.5 Å². The summed E-state index contributed by atoms with van der Waals surface area (Å²) in [6, 6.07) is 3.72. The van der Waals surface area contributed by atoms with Gasteiger partial charge in [0, 0.05) is 25.3 Å². The lowest BCUT2D eigenvalue weighted by molar-refractivity contribution is 0.0264. The second-order valence-corrected chi connectivity index (χ2v) is 5.95. The summed E-state index contributed by atoms with van der Waals surface area (Å²) in [5.74, 6) is 0.152. The number of aliphatic hydroxyl groups is 1. The maximum absolute atomic E-state index is 12.3. The van der Waals surface area contributed by atoms with Crippen molar-refractivity contribution in [2.45, 2.75) is 45.1 Å². The van der Waals surface area contributed by atoms with Crippen LogP contribution >= 0.6 is 0 Å². The van der Waals surface area contributed by atoms with Crippen LogP contribution in [-0.4, -0.2) is 41.4 Å². The second-order valence-electron chi connectivity index (χ2n) is 5.95. The Morgan fingerprint density at radius 2 is 2.29 bits per heavy atom. The van der Waals surface area contributed by atoms with Crippen molar-refractivity contribution in [1.29, 1.82) is 0 Å². The third-order valence-electron chi connectivity index (χ3n) is 3.83. The van der Waals surface area contributed by atoms with Gasteiger partial charge in [-0.15, -0.1) is 0 Å². The van der Waals surface area contributed by atoms with Gasteiger partial charge in [-0.3, -0.25) is 9.78 Å². The summed E-state index contributed by atoms with van der Waals surface area (Å²) in [5.41, 5.74) is 1.44. The Hall–Kier alpha value is -1.46. The van der Waals surface area contributed by atoms with Crippen molar-refractivity contribution >= 4 is 5.91 Å². The number of hydrogen-bond acceptors (Lipinski definition) is 4. The summed E-state index contributed by atoms with van der Waals surface area (Å²) in [5, 5.41) is 13.0. The van der Waals surface area contributed by atoms with Crippen LogP contribution < -0.4 is 5.32 Å². The maximum Gasteiger partial charge on any atom is 0.253 e. The Bertz CT molecular complexity index is 508. The third-order valence-corrected chi connectivity index (χ3v) is 3.83. The van der Waals surface area contributed by atoms with E-state index in [0.29, 0.717) is 30.9 Å². The normalized spacial score (nSPS) is 21.8. The number of hydrogen-bond donors (Lipinski definition) is 2. The molecule has 1 aliphatic rings. The summed E-state index contributed by atoms with van der Waals surface area (Å²) in [6.07, 6.45) is 1.26. The number of amides is 1. The average molecular weight is 292 g/mol. The van der Waals surface area contributed by atoms with Crippen molar-refractivity contribution in [2.24, 2.45) is 0 Å². The average Bonchev–Trinajstić information content (AvgIpc) is 2.91. The van der Waals surface area contributed by atoms with Gasteiger partial charge in [0.15, 0.2) is 0 Å². The number of nitrogens with zero attached hydrogens (tertiary/aromatic N) is 1. The first-order valence-corrected chi connectivity index (χ1v) is 7.53. The Morgan fingerprint density at radius 1 is 1.52 bits per heavy atom. The van der Waals surface area contributed by atoms with Gasteiger partial charge in [-0.25, -0.2) is 0 Å². The van der Waals surface area contributed by atoms with E-state index in [1.54, 1.807) is 0 Å². The van der Waals surface area contributed by atoms with Crippen molar-refractivity contribution in [2.75, 3.05) is 19.8 Å². The zero-order valence-corrected chi connectivity index (χ0v) is 13.0. The van der Waals surface area contributed by atoms with Crippen LogP contribution in [0.5, 0.6) is 0 Å². The predicted molar refractivity (Wildman–Crippen MR) is 80.4 cm³/mol.